The summed E-state index contributed by atoms with van der Waals surface area (Å²) in [6.07, 6.45) is 3.14. The van der Waals surface area contributed by atoms with Gasteiger partial charge in [-0.3, -0.25) is 4.79 Å². The average Bonchev–Trinajstić information content (AvgIpc) is 2.46. The van der Waals surface area contributed by atoms with E-state index in [4.69, 9.17) is 0 Å². The minimum absolute atomic E-state index is 0.0956. The van der Waals surface area contributed by atoms with Gasteiger partial charge in [0.1, 0.15) is 11.5 Å². The van der Waals surface area contributed by atoms with Gasteiger partial charge in [-0.25, -0.2) is 0 Å². The number of phenols is 1. The number of phenolic OH excluding ortho intramolecular Hbond substituents is 1. The molecule has 1 fully saturated rings. The van der Waals surface area contributed by atoms with Crippen molar-refractivity contribution < 1.29 is 15.0 Å². The highest BCUT2D eigenvalue weighted by molar-refractivity contribution is 5.81. The fourth-order valence-corrected chi connectivity index (χ4v) is 2.67. The van der Waals surface area contributed by atoms with Crippen molar-refractivity contribution >= 4 is 5.78 Å². The van der Waals surface area contributed by atoms with Gasteiger partial charge in [0, 0.05) is 24.9 Å². The Bertz CT molecular complexity index is 444. The molecule has 0 bridgehead atoms. The molecule has 1 aliphatic carbocycles. The molecule has 1 aromatic rings. The van der Waals surface area contributed by atoms with Gasteiger partial charge in [0.2, 0.25) is 0 Å². The maximum atomic E-state index is 11.8. The van der Waals surface area contributed by atoms with Crippen LogP contribution in [-0.4, -0.2) is 28.6 Å². The minimum atomic E-state index is -0.644. The van der Waals surface area contributed by atoms with Crippen molar-refractivity contribution in [1.82, 2.24) is 5.32 Å². The lowest BCUT2D eigenvalue weighted by atomic mass is 9.87. The Hall–Kier alpha value is -1.39. The monoisotopic (exact) mass is 277 g/mol. The van der Waals surface area contributed by atoms with Crippen LogP contribution >= 0.6 is 0 Å². The van der Waals surface area contributed by atoms with Gasteiger partial charge in [-0.05, 0) is 37.5 Å². The summed E-state index contributed by atoms with van der Waals surface area (Å²) in [5.41, 5.74) is 0.762. The van der Waals surface area contributed by atoms with Crippen molar-refractivity contribution in [2.75, 3.05) is 6.54 Å². The van der Waals surface area contributed by atoms with Crippen LogP contribution in [0.3, 0.4) is 0 Å². The molecule has 4 heteroatoms. The first-order valence-electron chi connectivity index (χ1n) is 7.31. The smallest absolute Gasteiger partial charge is 0.137 e. The number of hydrogen-bond donors (Lipinski definition) is 3. The molecule has 110 valence electrons. The number of carbonyl (C=O) groups is 1. The molecule has 0 aromatic heterocycles. The second-order valence-corrected chi connectivity index (χ2v) is 5.64. The van der Waals surface area contributed by atoms with Crippen molar-refractivity contribution in [2.24, 2.45) is 5.92 Å². The number of hydrogen-bond acceptors (Lipinski definition) is 4. The minimum Gasteiger partial charge on any atom is -0.508 e. The van der Waals surface area contributed by atoms with E-state index in [1.54, 1.807) is 24.3 Å². The van der Waals surface area contributed by atoms with Crippen LogP contribution in [0.4, 0.5) is 0 Å². The maximum absolute atomic E-state index is 11.8. The van der Waals surface area contributed by atoms with Gasteiger partial charge < -0.3 is 15.5 Å². The molecule has 3 atom stereocenters. The first kappa shape index (κ1) is 15.0. The molecule has 0 spiro atoms. The molecule has 4 nitrogen and oxygen atoms in total. The normalized spacial score (nSPS) is 22.5. The number of carbonyl (C=O) groups excluding carboxylic acids is 1. The average molecular weight is 277 g/mol. The lowest BCUT2D eigenvalue weighted by Gasteiger charge is -2.25. The van der Waals surface area contributed by atoms with Crippen LogP contribution in [0.2, 0.25) is 0 Å². The van der Waals surface area contributed by atoms with E-state index in [2.05, 4.69) is 5.32 Å². The van der Waals surface area contributed by atoms with Crippen LogP contribution < -0.4 is 5.32 Å². The van der Waals surface area contributed by atoms with E-state index >= 15 is 0 Å². The SMILES string of the molecule is CC(NCC1CCCCC1=O)C(O)c1ccc(O)cc1. The molecule has 0 amide bonds. The summed E-state index contributed by atoms with van der Waals surface area (Å²) in [6.45, 7) is 2.54. The van der Waals surface area contributed by atoms with Gasteiger partial charge >= 0.3 is 0 Å². The molecule has 0 radical (unpaired) electrons. The van der Waals surface area contributed by atoms with Crippen LogP contribution in [0.15, 0.2) is 24.3 Å². The molecule has 2 rings (SSSR count). The maximum Gasteiger partial charge on any atom is 0.137 e. The molecule has 1 aliphatic rings. The van der Waals surface area contributed by atoms with Gasteiger partial charge in [-0.2, -0.15) is 0 Å². The molecule has 0 saturated heterocycles. The fourth-order valence-electron chi connectivity index (χ4n) is 2.67. The van der Waals surface area contributed by atoms with Gasteiger partial charge in [-0.15, -0.1) is 0 Å². The van der Waals surface area contributed by atoms with Crippen LogP contribution in [0, 0.1) is 5.92 Å². The Labute approximate surface area is 119 Å². The van der Waals surface area contributed by atoms with Gasteiger partial charge in [0.15, 0.2) is 0 Å². The second-order valence-electron chi connectivity index (χ2n) is 5.64. The first-order valence-corrected chi connectivity index (χ1v) is 7.31. The number of Topliss-reactive ketones (excluding diaryl/α,β-unsaturated/α-hetero) is 1. The summed E-state index contributed by atoms with van der Waals surface area (Å²) in [5.74, 6) is 0.627. The standard InChI is InChI=1S/C16H23NO3/c1-11(16(20)12-6-8-14(18)9-7-12)17-10-13-4-2-3-5-15(13)19/h6-9,11,13,16-18,20H,2-5,10H2,1H3. The van der Waals surface area contributed by atoms with E-state index in [0.717, 1.165) is 24.8 Å². The Balaban J connectivity index is 1.86. The number of nitrogens with one attached hydrogen (secondary N) is 1. The number of ketones is 1. The molecule has 1 aromatic carbocycles. The zero-order valence-corrected chi connectivity index (χ0v) is 11.9. The van der Waals surface area contributed by atoms with E-state index in [9.17, 15) is 15.0 Å². The van der Waals surface area contributed by atoms with E-state index in [1.807, 2.05) is 6.92 Å². The fraction of sp³-hybridized carbons (Fsp3) is 0.562. The molecular weight excluding hydrogens is 254 g/mol. The number of aromatic hydroxyl groups is 1. The quantitative estimate of drug-likeness (QED) is 0.771. The summed E-state index contributed by atoms with van der Waals surface area (Å²) in [4.78, 5) is 11.8. The van der Waals surface area contributed by atoms with Crippen LogP contribution in [0.5, 0.6) is 5.75 Å². The van der Waals surface area contributed by atoms with Gasteiger partial charge in [0.25, 0.3) is 0 Å². The third kappa shape index (κ3) is 3.81. The van der Waals surface area contributed by atoms with E-state index in [-0.39, 0.29) is 17.7 Å². The van der Waals surface area contributed by atoms with E-state index in [1.165, 1.54) is 0 Å². The lowest BCUT2D eigenvalue weighted by Crippen LogP contribution is -2.38. The highest BCUT2D eigenvalue weighted by Gasteiger charge is 2.24. The Morgan fingerprint density at radius 1 is 1.30 bits per heavy atom. The number of aliphatic hydroxyl groups is 1. The highest BCUT2D eigenvalue weighted by atomic mass is 16.3. The molecule has 0 aliphatic heterocycles. The number of benzene rings is 1. The number of aliphatic hydroxyl groups excluding tert-OH is 1. The van der Waals surface area contributed by atoms with E-state index in [0.29, 0.717) is 18.7 Å². The van der Waals surface area contributed by atoms with Crippen molar-refractivity contribution in [3.63, 3.8) is 0 Å². The molecule has 0 heterocycles. The summed E-state index contributed by atoms with van der Waals surface area (Å²) >= 11 is 0. The van der Waals surface area contributed by atoms with Crippen LogP contribution in [0.25, 0.3) is 0 Å². The largest absolute Gasteiger partial charge is 0.508 e. The molecule has 1 saturated carbocycles. The highest BCUT2D eigenvalue weighted by Crippen LogP contribution is 2.22. The third-order valence-electron chi connectivity index (χ3n) is 4.08. The topological polar surface area (TPSA) is 69.6 Å². The third-order valence-corrected chi connectivity index (χ3v) is 4.08. The molecule has 3 unspecified atom stereocenters. The predicted octanol–water partition coefficient (Wildman–Crippen LogP) is 2.16. The molecule has 20 heavy (non-hydrogen) atoms. The van der Waals surface area contributed by atoms with Crippen LogP contribution in [0.1, 0.15) is 44.3 Å². The molecular formula is C16H23NO3. The Morgan fingerprint density at radius 2 is 2.00 bits per heavy atom. The van der Waals surface area contributed by atoms with Crippen molar-refractivity contribution in [1.29, 1.82) is 0 Å². The first-order chi connectivity index (χ1) is 9.58. The lowest BCUT2D eigenvalue weighted by molar-refractivity contribution is -0.124. The summed E-state index contributed by atoms with van der Waals surface area (Å²) in [7, 11) is 0. The summed E-state index contributed by atoms with van der Waals surface area (Å²) in [6, 6.07) is 6.43. The summed E-state index contributed by atoms with van der Waals surface area (Å²) in [5, 5.41) is 22.8. The predicted molar refractivity (Wildman–Crippen MR) is 77.5 cm³/mol. The second kappa shape index (κ2) is 6.86. The van der Waals surface area contributed by atoms with Crippen molar-refractivity contribution in [3.05, 3.63) is 29.8 Å². The van der Waals surface area contributed by atoms with Gasteiger partial charge in [-0.1, -0.05) is 18.6 Å². The van der Waals surface area contributed by atoms with Crippen molar-refractivity contribution in [2.45, 2.75) is 44.8 Å². The zero-order chi connectivity index (χ0) is 14.5. The van der Waals surface area contributed by atoms with Gasteiger partial charge in [0.05, 0.1) is 6.10 Å². The Morgan fingerprint density at radius 3 is 2.65 bits per heavy atom. The number of rotatable bonds is 5. The summed E-state index contributed by atoms with van der Waals surface area (Å²) < 4.78 is 0. The Kier molecular flexibility index (Phi) is 5.15. The van der Waals surface area contributed by atoms with Crippen LogP contribution in [-0.2, 0) is 4.79 Å². The van der Waals surface area contributed by atoms with Crippen molar-refractivity contribution in [3.8, 4) is 5.75 Å². The zero-order valence-electron chi connectivity index (χ0n) is 11.9. The van der Waals surface area contributed by atoms with E-state index < -0.39 is 6.10 Å². The molecule has 3 N–H and O–H groups in total.